The molecule has 0 spiro atoms. The van der Waals surface area contributed by atoms with Crippen molar-refractivity contribution in [3.63, 3.8) is 0 Å². The number of nitrogens with one attached hydrogen (secondary N) is 2. The van der Waals surface area contributed by atoms with E-state index in [-0.39, 0.29) is 23.5 Å². The first-order valence-electron chi connectivity index (χ1n) is 9.93. The first-order valence-corrected chi connectivity index (χ1v) is 11.1. The molecule has 1 fully saturated rings. The molecule has 0 radical (unpaired) electrons. The van der Waals surface area contributed by atoms with Crippen LogP contribution in [0.15, 0.2) is 24.3 Å². The molecule has 1 aromatic heterocycles. The molecule has 32 heavy (non-hydrogen) atoms. The zero-order valence-corrected chi connectivity index (χ0v) is 17.7. The summed E-state index contributed by atoms with van der Waals surface area (Å²) >= 11 is 1.84. The van der Waals surface area contributed by atoms with Crippen LogP contribution in [0.4, 0.5) is 28.0 Å². The van der Waals surface area contributed by atoms with Crippen LogP contribution in [-0.2, 0) is 19.3 Å². The monoisotopic (exact) mass is 474 g/mol. The van der Waals surface area contributed by atoms with E-state index in [0.29, 0.717) is 18.4 Å². The van der Waals surface area contributed by atoms with Gasteiger partial charge < -0.3 is 10.4 Å². The van der Waals surface area contributed by atoms with E-state index in [2.05, 4.69) is 10.4 Å². The minimum atomic E-state index is -4.72. The quantitative estimate of drug-likeness (QED) is 0.510. The number of rotatable bonds is 7. The van der Waals surface area contributed by atoms with Crippen LogP contribution in [-0.4, -0.2) is 38.4 Å². The smallest absolute Gasteiger partial charge is 0.435 e. The van der Waals surface area contributed by atoms with Crippen LogP contribution >= 0.6 is 11.8 Å². The fourth-order valence-corrected chi connectivity index (χ4v) is 4.68. The van der Waals surface area contributed by atoms with Gasteiger partial charge in [-0.1, -0.05) is 6.07 Å². The predicted molar refractivity (Wildman–Crippen MR) is 111 cm³/mol. The second kappa shape index (κ2) is 10.2. The molecule has 0 aliphatic carbocycles. The average molecular weight is 474 g/mol. The van der Waals surface area contributed by atoms with Crippen LogP contribution in [0.1, 0.15) is 41.0 Å². The molecule has 1 saturated heterocycles. The Morgan fingerprint density at radius 1 is 1.25 bits per heavy atom. The maximum Gasteiger partial charge on any atom is 0.435 e. The van der Waals surface area contributed by atoms with E-state index in [4.69, 9.17) is 5.11 Å². The van der Waals surface area contributed by atoms with Crippen LogP contribution in [0.3, 0.4) is 0 Å². The average Bonchev–Trinajstić information content (AvgIpc) is 3.17. The number of hydrogen-bond acceptors (Lipinski definition) is 4. The number of halogens is 4. The van der Waals surface area contributed by atoms with Crippen molar-refractivity contribution in [3.05, 3.63) is 47.0 Å². The third kappa shape index (κ3) is 6.15. The fraction of sp³-hybridized carbons (Fsp3) is 0.450. The first kappa shape index (κ1) is 23.9. The van der Waals surface area contributed by atoms with E-state index in [1.54, 1.807) is 0 Å². The van der Waals surface area contributed by atoms with Gasteiger partial charge in [-0.25, -0.2) is 9.18 Å². The first-order chi connectivity index (χ1) is 15.1. The zero-order valence-electron chi connectivity index (χ0n) is 16.9. The number of thioether (sulfide) groups is 1. The Balaban J connectivity index is 1.76. The van der Waals surface area contributed by atoms with Crippen molar-refractivity contribution in [3.8, 4) is 0 Å². The SMILES string of the molecule is O=C(O)Nc1cccc(F)c1CNC(=O)c1cc(C(F)(F)F)nn1CCC1CCSCC1. The fourth-order valence-electron chi connectivity index (χ4n) is 3.48. The molecule has 7 nitrogen and oxygen atoms in total. The number of alkyl halides is 3. The van der Waals surface area contributed by atoms with Crippen LogP contribution in [0, 0.1) is 11.7 Å². The number of nitrogens with zero attached hydrogens (tertiary/aromatic N) is 2. The molecule has 0 unspecified atom stereocenters. The second-order valence-electron chi connectivity index (χ2n) is 7.36. The lowest BCUT2D eigenvalue weighted by atomic mass is 9.99. The summed E-state index contributed by atoms with van der Waals surface area (Å²) in [5.74, 6) is 0.724. The van der Waals surface area contributed by atoms with Crippen LogP contribution < -0.4 is 10.6 Å². The number of carbonyl (C=O) groups excluding carboxylic acids is 1. The molecular weight excluding hydrogens is 452 g/mol. The normalized spacial score (nSPS) is 14.9. The molecule has 1 aliphatic rings. The molecular formula is C20H22F4N4O3S. The number of amides is 2. The minimum Gasteiger partial charge on any atom is -0.465 e. The molecule has 3 rings (SSSR count). The predicted octanol–water partition coefficient (Wildman–Crippen LogP) is 4.59. The van der Waals surface area contributed by atoms with E-state index >= 15 is 0 Å². The molecule has 2 aromatic rings. The number of carbonyl (C=O) groups is 2. The van der Waals surface area contributed by atoms with Gasteiger partial charge in [-0.15, -0.1) is 0 Å². The molecule has 0 bridgehead atoms. The summed E-state index contributed by atoms with van der Waals surface area (Å²) in [4.78, 5) is 23.6. The van der Waals surface area contributed by atoms with E-state index in [0.717, 1.165) is 35.1 Å². The summed E-state index contributed by atoms with van der Waals surface area (Å²) in [5, 5.41) is 16.9. The number of aryl methyl sites for hydroxylation is 1. The Morgan fingerprint density at radius 2 is 1.97 bits per heavy atom. The lowest BCUT2D eigenvalue weighted by molar-refractivity contribution is -0.141. The number of benzene rings is 1. The van der Waals surface area contributed by atoms with Crippen molar-refractivity contribution in [2.45, 2.75) is 38.5 Å². The van der Waals surface area contributed by atoms with Crippen molar-refractivity contribution in [2.24, 2.45) is 5.92 Å². The summed E-state index contributed by atoms with van der Waals surface area (Å²) < 4.78 is 54.8. The summed E-state index contributed by atoms with van der Waals surface area (Å²) in [6, 6.07) is 4.36. The van der Waals surface area contributed by atoms with Gasteiger partial charge in [0.2, 0.25) is 0 Å². The molecule has 1 aliphatic heterocycles. The topological polar surface area (TPSA) is 96.2 Å². The van der Waals surface area contributed by atoms with Crippen molar-refractivity contribution in [2.75, 3.05) is 16.8 Å². The maximum atomic E-state index is 14.2. The van der Waals surface area contributed by atoms with Crippen LogP contribution in [0.5, 0.6) is 0 Å². The lowest BCUT2D eigenvalue weighted by Crippen LogP contribution is -2.27. The van der Waals surface area contributed by atoms with Gasteiger partial charge in [0, 0.05) is 24.7 Å². The molecule has 2 heterocycles. The summed E-state index contributed by atoms with van der Waals surface area (Å²) in [6.07, 6.45) is -3.61. The Morgan fingerprint density at radius 3 is 2.62 bits per heavy atom. The minimum absolute atomic E-state index is 0.0718. The zero-order chi connectivity index (χ0) is 23.3. The number of aromatic nitrogens is 2. The molecule has 0 saturated carbocycles. The van der Waals surface area contributed by atoms with E-state index in [9.17, 15) is 27.2 Å². The van der Waals surface area contributed by atoms with Crippen molar-refractivity contribution in [1.82, 2.24) is 15.1 Å². The lowest BCUT2D eigenvalue weighted by Gasteiger charge is -2.21. The van der Waals surface area contributed by atoms with Gasteiger partial charge in [-0.05, 0) is 48.8 Å². The van der Waals surface area contributed by atoms with Gasteiger partial charge in [-0.3, -0.25) is 14.8 Å². The Labute approximate surface area is 185 Å². The van der Waals surface area contributed by atoms with Crippen LogP contribution in [0.25, 0.3) is 0 Å². The highest BCUT2D eigenvalue weighted by Crippen LogP contribution is 2.30. The Hall–Kier alpha value is -2.76. The molecule has 0 atom stereocenters. The highest BCUT2D eigenvalue weighted by Gasteiger charge is 2.36. The number of anilines is 1. The standard InChI is InChI=1S/C20H22F4N4O3S/c21-14-2-1-3-15(26-19(30)31)13(14)11-25-18(29)16-10-17(20(22,23)24)27-28(16)7-4-12-5-8-32-9-6-12/h1-3,10,12,26H,4-9,11H2,(H,25,29)(H,30,31). The molecule has 3 N–H and O–H groups in total. The summed E-state index contributed by atoms with van der Waals surface area (Å²) in [6.45, 7) is -0.271. The van der Waals surface area contributed by atoms with Crippen molar-refractivity contribution < 1.29 is 32.3 Å². The third-order valence-electron chi connectivity index (χ3n) is 5.18. The van der Waals surface area contributed by atoms with Gasteiger partial charge in [0.15, 0.2) is 5.69 Å². The van der Waals surface area contributed by atoms with Gasteiger partial charge in [0.1, 0.15) is 11.5 Å². The summed E-state index contributed by atoms with van der Waals surface area (Å²) in [7, 11) is 0. The summed E-state index contributed by atoms with van der Waals surface area (Å²) in [5.41, 5.74) is -1.67. The highest BCUT2D eigenvalue weighted by molar-refractivity contribution is 7.99. The molecule has 2 amide bonds. The van der Waals surface area contributed by atoms with Gasteiger partial charge in [-0.2, -0.15) is 30.0 Å². The van der Waals surface area contributed by atoms with Crippen molar-refractivity contribution in [1.29, 1.82) is 0 Å². The second-order valence-corrected chi connectivity index (χ2v) is 8.58. The molecule has 1 aromatic carbocycles. The Bertz CT molecular complexity index is 974. The van der Waals surface area contributed by atoms with Gasteiger partial charge >= 0.3 is 12.3 Å². The maximum absolute atomic E-state index is 14.2. The van der Waals surface area contributed by atoms with E-state index in [1.807, 2.05) is 17.1 Å². The van der Waals surface area contributed by atoms with E-state index < -0.39 is 36.2 Å². The molecule has 12 heteroatoms. The number of carboxylic acid groups (broad SMARTS) is 1. The Kier molecular flexibility index (Phi) is 7.64. The van der Waals surface area contributed by atoms with Gasteiger partial charge in [0.25, 0.3) is 5.91 Å². The highest BCUT2D eigenvalue weighted by atomic mass is 32.2. The van der Waals surface area contributed by atoms with E-state index in [1.165, 1.54) is 12.1 Å². The largest absolute Gasteiger partial charge is 0.465 e. The van der Waals surface area contributed by atoms with Crippen molar-refractivity contribution >= 4 is 29.4 Å². The third-order valence-corrected chi connectivity index (χ3v) is 6.23. The van der Waals surface area contributed by atoms with Crippen LogP contribution in [0.2, 0.25) is 0 Å². The number of hydrogen-bond donors (Lipinski definition) is 3. The van der Waals surface area contributed by atoms with Gasteiger partial charge in [0.05, 0.1) is 5.69 Å². The molecule has 174 valence electrons.